The maximum atomic E-state index is 2.49. The molecule has 0 aromatic carbocycles. The molecule has 0 spiro atoms. The molecule has 0 amide bonds. The summed E-state index contributed by atoms with van der Waals surface area (Å²) in [5, 5.41) is 0. The Labute approximate surface area is 111 Å². The number of unbranched alkanes of at least 4 members (excludes halogenated alkanes) is 3. The zero-order valence-corrected chi connectivity index (χ0v) is 13.3. The highest BCUT2D eigenvalue weighted by atomic mass is 14.3. The Balaban J connectivity index is 4.23. The van der Waals surface area contributed by atoms with Crippen LogP contribution in [0.2, 0.25) is 0 Å². The van der Waals surface area contributed by atoms with E-state index >= 15 is 0 Å². The number of hydrogen-bond acceptors (Lipinski definition) is 0. The average molecular weight is 240 g/mol. The summed E-state index contributed by atoms with van der Waals surface area (Å²) in [4.78, 5) is 0. The Bertz CT molecular complexity index is 159. The van der Waals surface area contributed by atoms with Gasteiger partial charge in [0.25, 0.3) is 0 Å². The fourth-order valence-corrected chi connectivity index (χ4v) is 2.93. The first-order valence-electron chi connectivity index (χ1n) is 8.04. The lowest BCUT2D eigenvalue weighted by Crippen LogP contribution is -2.24. The monoisotopic (exact) mass is 240 g/mol. The summed E-state index contributed by atoms with van der Waals surface area (Å²) in [5.41, 5.74) is 0. The van der Waals surface area contributed by atoms with Crippen LogP contribution in [0, 0.1) is 23.7 Å². The second kappa shape index (κ2) is 9.97. The van der Waals surface area contributed by atoms with Crippen LogP contribution in [0.3, 0.4) is 0 Å². The highest BCUT2D eigenvalue weighted by molar-refractivity contribution is 4.74. The van der Waals surface area contributed by atoms with E-state index in [0.29, 0.717) is 0 Å². The zero-order chi connectivity index (χ0) is 13.3. The molecule has 0 aliphatic heterocycles. The minimum atomic E-state index is 0.838. The van der Waals surface area contributed by atoms with E-state index in [0.717, 1.165) is 23.7 Å². The lowest BCUT2D eigenvalue weighted by atomic mass is 9.73. The van der Waals surface area contributed by atoms with E-state index in [1.165, 1.54) is 44.9 Å². The molecular formula is C17H36. The SMILES string of the molecule is CCCCCC(C)C(CCCC)C(C)C(C)C. The highest BCUT2D eigenvalue weighted by Crippen LogP contribution is 2.34. The molecule has 0 aliphatic carbocycles. The Morgan fingerprint density at radius 3 is 1.76 bits per heavy atom. The van der Waals surface area contributed by atoms with E-state index in [2.05, 4.69) is 41.5 Å². The van der Waals surface area contributed by atoms with Gasteiger partial charge in [0.2, 0.25) is 0 Å². The molecule has 0 radical (unpaired) electrons. The summed E-state index contributed by atoms with van der Waals surface area (Å²) >= 11 is 0. The van der Waals surface area contributed by atoms with E-state index in [4.69, 9.17) is 0 Å². The van der Waals surface area contributed by atoms with E-state index in [9.17, 15) is 0 Å². The van der Waals surface area contributed by atoms with Gasteiger partial charge in [-0.25, -0.2) is 0 Å². The molecule has 3 atom stereocenters. The topological polar surface area (TPSA) is 0 Å². The van der Waals surface area contributed by atoms with Crippen molar-refractivity contribution < 1.29 is 0 Å². The lowest BCUT2D eigenvalue weighted by Gasteiger charge is -2.32. The van der Waals surface area contributed by atoms with Gasteiger partial charge in [-0.3, -0.25) is 0 Å². The molecule has 0 aliphatic rings. The van der Waals surface area contributed by atoms with E-state index in [1.807, 2.05) is 0 Å². The quantitative estimate of drug-likeness (QED) is 0.393. The van der Waals surface area contributed by atoms with Crippen LogP contribution < -0.4 is 0 Å². The Hall–Kier alpha value is 0. The molecule has 0 saturated heterocycles. The molecular weight excluding hydrogens is 204 g/mol. The Morgan fingerprint density at radius 1 is 0.706 bits per heavy atom. The predicted octanol–water partition coefficient (Wildman–Crippen LogP) is 6.30. The Morgan fingerprint density at radius 2 is 1.29 bits per heavy atom. The van der Waals surface area contributed by atoms with Gasteiger partial charge in [-0.2, -0.15) is 0 Å². The van der Waals surface area contributed by atoms with Crippen LogP contribution in [-0.4, -0.2) is 0 Å². The average Bonchev–Trinajstić information content (AvgIpc) is 2.29. The van der Waals surface area contributed by atoms with Gasteiger partial charge in [-0.15, -0.1) is 0 Å². The van der Waals surface area contributed by atoms with Crippen LogP contribution >= 0.6 is 0 Å². The van der Waals surface area contributed by atoms with E-state index < -0.39 is 0 Å². The van der Waals surface area contributed by atoms with Crippen LogP contribution in [0.15, 0.2) is 0 Å². The summed E-state index contributed by atoms with van der Waals surface area (Å²) < 4.78 is 0. The van der Waals surface area contributed by atoms with Gasteiger partial charge in [-0.05, 0) is 30.1 Å². The van der Waals surface area contributed by atoms with E-state index in [-0.39, 0.29) is 0 Å². The van der Waals surface area contributed by atoms with Crippen molar-refractivity contribution in [3.05, 3.63) is 0 Å². The maximum absolute atomic E-state index is 2.49. The van der Waals surface area contributed by atoms with Crippen LogP contribution in [-0.2, 0) is 0 Å². The van der Waals surface area contributed by atoms with Crippen molar-refractivity contribution in [2.75, 3.05) is 0 Å². The maximum Gasteiger partial charge on any atom is -0.0360 e. The molecule has 0 saturated carbocycles. The first-order chi connectivity index (χ1) is 8.04. The standard InChI is InChI=1S/C17H36/c1-7-9-11-12-15(5)17(13-10-8-2)16(6)14(3)4/h14-17H,7-13H2,1-6H3. The van der Waals surface area contributed by atoms with Crippen LogP contribution in [0.25, 0.3) is 0 Å². The van der Waals surface area contributed by atoms with Gasteiger partial charge >= 0.3 is 0 Å². The predicted molar refractivity (Wildman–Crippen MR) is 80.3 cm³/mol. The molecule has 0 bridgehead atoms. The van der Waals surface area contributed by atoms with E-state index in [1.54, 1.807) is 0 Å². The van der Waals surface area contributed by atoms with Gasteiger partial charge in [0.05, 0.1) is 0 Å². The summed E-state index contributed by atoms with van der Waals surface area (Å²) in [7, 11) is 0. The third kappa shape index (κ3) is 7.11. The van der Waals surface area contributed by atoms with Crippen molar-refractivity contribution >= 4 is 0 Å². The highest BCUT2D eigenvalue weighted by Gasteiger charge is 2.24. The molecule has 0 aromatic rings. The van der Waals surface area contributed by atoms with Gasteiger partial charge in [0, 0.05) is 0 Å². The summed E-state index contributed by atoms with van der Waals surface area (Å²) in [6, 6.07) is 0. The van der Waals surface area contributed by atoms with Gasteiger partial charge in [0.15, 0.2) is 0 Å². The summed E-state index contributed by atoms with van der Waals surface area (Å²) in [6.45, 7) is 14.4. The van der Waals surface area contributed by atoms with Crippen LogP contribution in [0.5, 0.6) is 0 Å². The molecule has 0 heteroatoms. The van der Waals surface area contributed by atoms with Gasteiger partial charge in [0.1, 0.15) is 0 Å². The fraction of sp³-hybridized carbons (Fsp3) is 1.00. The third-order valence-corrected chi connectivity index (χ3v) is 4.61. The number of rotatable bonds is 10. The molecule has 3 unspecified atom stereocenters. The Kier molecular flexibility index (Phi) is 9.97. The van der Waals surface area contributed by atoms with Crippen molar-refractivity contribution in [3.63, 3.8) is 0 Å². The van der Waals surface area contributed by atoms with Gasteiger partial charge < -0.3 is 0 Å². The van der Waals surface area contributed by atoms with Gasteiger partial charge in [-0.1, -0.05) is 80.1 Å². The third-order valence-electron chi connectivity index (χ3n) is 4.61. The molecule has 0 rings (SSSR count). The lowest BCUT2D eigenvalue weighted by molar-refractivity contribution is 0.177. The molecule has 0 nitrogen and oxygen atoms in total. The molecule has 0 N–H and O–H groups in total. The van der Waals surface area contributed by atoms with Crippen molar-refractivity contribution in [2.45, 2.75) is 86.5 Å². The van der Waals surface area contributed by atoms with Crippen molar-refractivity contribution in [2.24, 2.45) is 23.7 Å². The van der Waals surface area contributed by atoms with Crippen LogP contribution in [0.1, 0.15) is 86.5 Å². The largest absolute Gasteiger partial charge is 0.0654 e. The minimum absolute atomic E-state index is 0.838. The van der Waals surface area contributed by atoms with Crippen molar-refractivity contribution in [1.82, 2.24) is 0 Å². The minimum Gasteiger partial charge on any atom is -0.0654 e. The second-order valence-corrected chi connectivity index (χ2v) is 6.38. The summed E-state index contributed by atoms with van der Waals surface area (Å²) in [6.07, 6.45) is 9.86. The van der Waals surface area contributed by atoms with Crippen molar-refractivity contribution in [3.8, 4) is 0 Å². The first kappa shape index (κ1) is 17.0. The molecule has 0 aromatic heterocycles. The molecule has 0 fully saturated rings. The smallest absolute Gasteiger partial charge is 0.0360 e. The summed E-state index contributed by atoms with van der Waals surface area (Å²) in [5.74, 6) is 3.60. The molecule has 17 heavy (non-hydrogen) atoms. The molecule has 0 heterocycles. The van der Waals surface area contributed by atoms with Crippen molar-refractivity contribution in [1.29, 1.82) is 0 Å². The normalized spacial score (nSPS) is 17.1. The fourth-order valence-electron chi connectivity index (χ4n) is 2.93. The first-order valence-corrected chi connectivity index (χ1v) is 8.04. The second-order valence-electron chi connectivity index (χ2n) is 6.38. The zero-order valence-electron chi connectivity index (χ0n) is 13.3. The van der Waals surface area contributed by atoms with Crippen LogP contribution in [0.4, 0.5) is 0 Å². The molecule has 104 valence electrons. The number of hydrogen-bond donors (Lipinski definition) is 0.